The van der Waals surface area contributed by atoms with E-state index >= 15 is 0 Å². The third-order valence-electron chi connectivity index (χ3n) is 4.41. The first-order valence-electron chi connectivity index (χ1n) is 7.63. The highest BCUT2D eigenvalue weighted by Gasteiger charge is 2.26. The first-order valence-corrected chi connectivity index (χ1v) is 8.42. The van der Waals surface area contributed by atoms with Crippen LogP contribution in [0.25, 0.3) is 10.8 Å². The molecule has 2 N–H and O–H groups in total. The largest absolute Gasteiger partial charge is 0.396 e. The van der Waals surface area contributed by atoms with Crippen molar-refractivity contribution in [1.29, 1.82) is 0 Å². The van der Waals surface area contributed by atoms with Crippen molar-refractivity contribution in [2.75, 3.05) is 11.9 Å². The number of aliphatic hydroxyl groups is 1. The second-order valence-electron chi connectivity index (χ2n) is 5.95. The summed E-state index contributed by atoms with van der Waals surface area (Å²) in [4.78, 5) is 16.7. The maximum atomic E-state index is 12.3. The molecule has 0 radical (unpaired) electrons. The molecular weight excluding hydrogens is 344 g/mol. The van der Waals surface area contributed by atoms with Crippen molar-refractivity contribution in [3.8, 4) is 0 Å². The molecule has 0 aliphatic heterocycles. The molecule has 1 amide bonds. The topological polar surface area (TPSA) is 62.2 Å². The summed E-state index contributed by atoms with van der Waals surface area (Å²) in [5, 5.41) is 14.2. The van der Waals surface area contributed by atoms with E-state index in [9.17, 15) is 4.79 Å². The number of benzene rings is 1. The first kappa shape index (κ1) is 15.4. The molecule has 2 aromatic rings. The van der Waals surface area contributed by atoms with E-state index in [1.54, 1.807) is 6.20 Å². The van der Waals surface area contributed by atoms with Crippen molar-refractivity contribution >= 4 is 38.4 Å². The molecule has 1 aliphatic carbocycles. The van der Waals surface area contributed by atoms with Crippen molar-refractivity contribution < 1.29 is 9.90 Å². The Hall–Kier alpha value is -1.46. The lowest BCUT2D eigenvalue weighted by Gasteiger charge is -2.26. The summed E-state index contributed by atoms with van der Waals surface area (Å²) in [6.45, 7) is 0.232. The van der Waals surface area contributed by atoms with Crippen molar-refractivity contribution in [3.63, 3.8) is 0 Å². The number of amides is 1. The quantitative estimate of drug-likeness (QED) is 0.874. The summed E-state index contributed by atoms with van der Waals surface area (Å²) in [5.74, 6) is 1.03. The Morgan fingerprint density at radius 1 is 1.23 bits per heavy atom. The number of aromatic nitrogens is 1. The van der Waals surface area contributed by atoms with Crippen LogP contribution in [0, 0.1) is 11.8 Å². The van der Waals surface area contributed by atoms with Crippen LogP contribution in [0.5, 0.6) is 0 Å². The van der Waals surface area contributed by atoms with Crippen LogP contribution in [-0.4, -0.2) is 22.6 Å². The minimum atomic E-state index is 0.0304. The summed E-state index contributed by atoms with van der Waals surface area (Å²) < 4.78 is 1.01. The average molecular weight is 363 g/mol. The maximum absolute atomic E-state index is 12.3. The van der Waals surface area contributed by atoms with Crippen molar-refractivity contribution in [2.24, 2.45) is 11.8 Å². The Kier molecular flexibility index (Phi) is 4.74. The van der Waals surface area contributed by atoms with Gasteiger partial charge in [0.25, 0.3) is 0 Å². The molecule has 0 bridgehead atoms. The molecule has 5 heteroatoms. The van der Waals surface area contributed by atoms with Gasteiger partial charge in [-0.15, -0.1) is 0 Å². The smallest absolute Gasteiger partial charge is 0.228 e. The van der Waals surface area contributed by atoms with Gasteiger partial charge in [0.2, 0.25) is 5.91 Å². The Morgan fingerprint density at radius 3 is 2.73 bits per heavy atom. The number of hydrogen-bond donors (Lipinski definition) is 2. The number of pyridine rings is 1. The molecule has 0 unspecified atom stereocenters. The lowest BCUT2D eigenvalue weighted by atomic mass is 9.82. The van der Waals surface area contributed by atoms with Gasteiger partial charge in [-0.2, -0.15) is 0 Å². The van der Waals surface area contributed by atoms with Crippen LogP contribution in [0.3, 0.4) is 0 Å². The molecule has 1 heterocycles. The van der Waals surface area contributed by atoms with Gasteiger partial charge in [-0.3, -0.25) is 4.79 Å². The van der Waals surface area contributed by atoms with Crippen LogP contribution < -0.4 is 5.32 Å². The average Bonchev–Trinajstić information content (AvgIpc) is 2.54. The van der Waals surface area contributed by atoms with Crippen LogP contribution in [-0.2, 0) is 4.79 Å². The second-order valence-corrected chi connectivity index (χ2v) is 6.87. The van der Waals surface area contributed by atoms with Crippen molar-refractivity contribution in [3.05, 3.63) is 34.9 Å². The van der Waals surface area contributed by atoms with E-state index in [1.807, 2.05) is 24.3 Å². The lowest BCUT2D eigenvalue weighted by molar-refractivity contribution is -0.121. The molecule has 1 aromatic heterocycles. The molecule has 1 fully saturated rings. The van der Waals surface area contributed by atoms with Crippen LogP contribution in [0.2, 0.25) is 0 Å². The highest BCUT2D eigenvalue weighted by molar-refractivity contribution is 9.10. The van der Waals surface area contributed by atoms with Gasteiger partial charge in [0.1, 0.15) is 5.82 Å². The fourth-order valence-electron chi connectivity index (χ4n) is 3.02. The number of aliphatic hydroxyl groups excluding tert-OH is 1. The molecule has 116 valence electrons. The molecule has 0 spiro atoms. The lowest BCUT2D eigenvalue weighted by Crippen LogP contribution is -2.28. The fourth-order valence-corrected chi connectivity index (χ4v) is 3.39. The molecular formula is C17H19BrN2O2. The van der Waals surface area contributed by atoms with Gasteiger partial charge in [-0.1, -0.05) is 22.0 Å². The number of nitrogens with one attached hydrogen (secondary N) is 1. The zero-order valence-electron chi connectivity index (χ0n) is 12.3. The van der Waals surface area contributed by atoms with Gasteiger partial charge in [-0.05, 0) is 55.2 Å². The third kappa shape index (κ3) is 3.47. The number of carbonyl (C=O) groups excluding carboxylic acids is 1. The summed E-state index contributed by atoms with van der Waals surface area (Å²) in [5.41, 5.74) is 0. The summed E-state index contributed by atoms with van der Waals surface area (Å²) in [6, 6.07) is 7.88. The van der Waals surface area contributed by atoms with Crippen LogP contribution in [0.1, 0.15) is 25.7 Å². The van der Waals surface area contributed by atoms with E-state index < -0.39 is 0 Å². The second kappa shape index (κ2) is 6.75. The van der Waals surface area contributed by atoms with E-state index in [2.05, 4.69) is 26.2 Å². The van der Waals surface area contributed by atoms with Crippen molar-refractivity contribution in [2.45, 2.75) is 25.7 Å². The highest BCUT2D eigenvalue weighted by Crippen LogP contribution is 2.29. The molecule has 1 aliphatic rings. The zero-order chi connectivity index (χ0) is 15.5. The Balaban J connectivity index is 1.69. The predicted octanol–water partition coefficient (Wildman–Crippen LogP) is 3.73. The molecule has 3 rings (SSSR count). The normalized spacial score (nSPS) is 21.7. The number of carbonyl (C=O) groups is 1. The maximum Gasteiger partial charge on any atom is 0.228 e. The minimum absolute atomic E-state index is 0.0304. The van der Waals surface area contributed by atoms with Gasteiger partial charge in [0, 0.05) is 28.6 Å². The van der Waals surface area contributed by atoms with E-state index in [-0.39, 0.29) is 18.4 Å². The minimum Gasteiger partial charge on any atom is -0.396 e. The Morgan fingerprint density at radius 2 is 2.00 bits per heavy atom. The molecule has 1 saturated carbocycles. The van der Waals surface area contributed by atoms with Gasteiger partial charge in [0.05, 0.1) is 0 Å². The standard InChI is InChI=1S/C17H19BrN2O2/c18-15-6-5-13-9-19-16(8-14(13)7-15)20-17(22)12-3-1-11(10-21)2-4-12/h5-9,11-12,21H,1-4,10H2,(H,19,20,22)/t11-,12-. The number of anilines is 1. The number of hydrogen-bond acceptors (Lipinski definition) is 3. The van der Waals surface area contributed by atoms with E-state index in [4.69, 9.17) is 5.11 Å². The first-order chi connectivity index (χ1) is 10.7. The highest BCUT2D eigenvalue weighted by atomic mass is 79.9. The van der Waals surface area contributed by atoms with E-state index in [1.165, 1.54) is 0 Å². The summed E-state index contributed by atoms with van der Waals surface area (Å²) >= 11 is 3.45. The van der Waals surface area contributed by atoms with Gasteiger partial charge >= 0.3 is 0 Å². The summed E-state index contributed by atoms with van der Waals surface area (Å²) in [6.07, 6.45) is 5.31. The molecule has 1 aromatic carbocycles. The van der Waals surface area contributed by atoms with Gasteiger partial charge < -0.3 is 10.4 Å². The van der Waals surface area contributed by atoms with E-state index in [0.717, 1.165) is 40.9 Å². The van der Waals surface area contributed by atoms with Crippen LogP contribution in [0.15, 0.2) is 34.9 Å². The molecule has 0 atom stereocenters. The van der Waals surface area contributed by atoms with Gasteiger partial charge in [0.15, 0.2) is 0 Å². The fraction of sp³-hybridized carbons (Fsp3) is 0.412. The van der Waals surface area contributed by atoms with Crippen molar-refractivity contribution in [1.82, 2.24) is 4.98 Å². The van der Waals surface area contributed by atoms with Crippen LogP contribution in [0.4, 0.5) is 5.82 Å². The monoisotopic (exact) mass is 362 g/mol. The Labute approximate surface area is 138 Å². The molecule has 0 saturated heterocycles. The number of rotatable bonds is 3. The third-order valence-corrected chi connectivity index (χ3v) is 4.90. The number of halogens is 1. The summed E-state index contributed by atoms with van der Waals surface area (Å²) in [7, 11) is 0. The van der Waals surface area contributed by atoms with Gasteiger partial charge in [-0.25, -0.2) is 4.98 Å². The zero-order valence-corrected chi connectivity index (χ0v) is 13.8. The number of fused-ring (bicyclic) bond motifs is 1. The van der Waals surface area contributed by atoms with E-state index in [0.29, 0.717) is 11.7 Å². The molecule has 22 heavy (non-hydrogen) atoms. The predicted molar refractivity (Wildman–Crippen MR) is 90.6 cm³/mol. The number of nitrogens with zero attached hydrogens (tertiary/aromatic N) is 1. The Bertz CT molecular complexity index is 681. The van der Waals surface area contributed by atoms with Crippen LogP contribution >= 0.6 is 15.9 Å². The molecule has 4 nitrogen and oxygen atoms in total. The SMILES string of the molecule is O=C(Nc1cc2cc(Br)ccc2cn1)[C@H]1CC[C@H](CO)CC1.